The Morgan fingerprint density at radius 1 is 1.33 bits per heavy atom. The molecule has 0 fully saturated rings. The lowest BCUT2D eigenvalue weighted by Crippen LogP contribution is -3.00. The lowest BCUT2D eigenvalue weighted by Gasteiger charge is -2.22. The highest BCUT2D eigenvalue weighted by Gasteiger charge is 2.18. The van der Waals surface area contributed by atoms with Gasteiger partial charge in [0, 0.05) is 10.7 Å². The number of hydrogen-bond acceptors (Lipinski definition) is 1. The Morgan fingerprint density at radius 2 is 2.00 bits per heavy atom. The minimum Gasteiger partial charge on any atom is -1.00 e. The van der Waals surface area contributed by atoms with Gasteiger partial charge in [-0.1, -0.05) is 0 Å². The van der Waals surface area contributed by atoms with Crippen LogP contribution in [0.25, 0.3) is 11.0 Å². The molecule has 0 atom stereocenters. The van der Waals surface area contributed by atoms with Crippen molar-refractivity contribution in [3.8, 4) is 0 Å². The predicted octanol–water partition coefficient (Wildman–Crippen LogP) is -0.474. The molecule has 0 amide bonds. The highest BCUT2D eigenvalue weighted by molar-refractivity contribution is 9.10. The summed E-state index contributed by atoms with van der Waals surface area (Å²) < 4.78 is 1.80. The third-order valence-electron chi connectivity index (χ3n) is 2.20. The average Bonchev–Trinajstić information content (AvgIpc) is 2.45. The highest BCUT2D eigenvalue weighted by atomic mass is 127. The van der Waals surface area contributed by atoms with Crippen LogP contribution in [0.3, 0.4) is 0 Å². The first-order chi connectivity index (χ1) is 6.48. The minimum absolute atomic E-state index is 0. The number of aromatic amines is 1. The monoisotopic (exact) mass is 381 g/mol. The van der Waals surface area contributed by atoms with Gasteiger partial charge in [0.1, 0.15) is 5.65 Å². The number of hydrogen-bond donors (Lipinski definition) is 1. The quantitative estimate of drug-likeness (QED) is 0.525. The first-order valence-electron chi connectivity index (χ1n) is 4.43. The van der Waals surface area contributed by atoms with Crippen LogP contribution < -0.4 is 28.5 Å². The van der Waals surface area contributed by atoms with Crippen molar-refractivity contribution < 1.29 is 24.0 Å². The highest BCUT2D eigenvalue weighted by Crippen LogP contribution is 2.28. The van der Waals surface area contributed by atoms with Crippen LogP contribution in [0.1, 0.15) is 0 Å². The molecule has 0 aromatic carbocycles. The van der Waals surface area contributed by atoms with Gasteiger partial charge in [-0.25, -0.2) is 4.98 Å². The van der Waals surface area contributed by atoms with Crippen molar-refractivity contribution in [3.63, 3.8) is 0 Å². The van der Waals surface area contributed by atoms with Gasteiger partial charge >= 0.3 is 0 Å². The first-order valence-corrected chi connectivity index (χ1v) is 5.22. The van der Waals surface area contributed by atoms with Crippen LogP contribution in [-0.4, -0.2) is 31.1 Å². The fraction of sp³-hybridized carbons (Fsp3) is 0.300. The Bertz CT molecular complexity index is 473. The summed E-state index contributed by atoms with van der Waals surface area (Å²) in [4.78, 5) is 7.48. The molecule has 5 heteroatoms. The standard InChI is InChI=1S/C10H13BrN3.HI/c1-14(2,3)9-6-13-10-8(9)4-7(11)5-12-10;/h4-6H,1-3H3,(H,12,13);1H/q+1;/p-1. The molecule has 0 spiro atoms. The Kier molecular flexibility index (Phi) is 3.78. The van der Waals surface area contributed by atoms with Gasteiger partial charge in [-0.2, -0.15) is 0 Å². The lowest BCUT2D eigenvalue weighted by atomic mass is 10.3. The molecular weight excluding hydrogens is 369 g/mol. The first kappa shape index (κ1) is 12.9. The van der Waals surface area contributed by atoms with Gasteiger partial charge in [-0.3, -0.25) is 4.48 Å². The van der Waals surface area contributed by atoms with Crippen molar-refractivity contribution >= 4 is 32.7 Å². The van der Waals surface area contributed by atoms with Gasteiger partial charge in [0.25, 0.3) is 0 Å². The largest absolute Gasteiger partial charge is 1.00 e. The normalized spacial score (nSPS) is 11.5. The number of aromatic nitrogens is 2. The van der Waals surface area contributed by atoms with Crippen LogP contribution in [0.5, 0.6) is 0 Å². The van der Waals surface area contributed by atoms with Crippen LogP contribution in [0.2, 0.25) is 0 Å². The molecule has 0 unspecified atom stereocenters. The zero-order chi connectivity index (χ0) is 10.3. The van der Waals surface area contributed by atoms with E-state index in [1.807, 2.05) is 6.20 Å². The van der Waals surface area contributed by atoms with Gasteiger partial charge in [0.2, 0.25) is 0 Å². The maximum Gasteiger partial charge on any atom is 0.159 e. The van der Waals surface area contributed by atoms with Crippen LogP contribution >= 0.6 is 15.9 Å². The minimum atomic E-state index is 0. The van der Waals surface area contributed by atoms with Crippen molar-refractivity contribution in [2.24, 2.45) is 0 Å². The molecule has 2 aromatic heterocycles. The molecule has 0 radical (unpaired) electrons. The maximum atomic E-state index is 4.30. The number of nitrogens with one attached hydrogen (secondary N) is 1. The molecule has 0 aliphatic rings. The summed E-state index contributed by atoms with van der Waals surface area (Å²) in [5, 5.41) is 1.17. The summed E-state index contributed by atoms with van der Waals surface area (Å²) in [6.07, 6.45) is 3.82. The van der Waals surface area contributed by atoms with Crippen LogP contribution in [0.15, 0.2) is 22.9 Å². The molecule has 82 valence electrons. The number of fused-ring (bicyclic) bond motifs is 1. The topological polar surface area (TPSA) is 28.7 Å². The van der Waals surface area contributed by atoms with E-state index in [4.69, 9.17) is 0 Å². The van der Waals surface area contributed by atoms with Crippen LogP contribution in [-0.2, 0) is 0 Å². The van der Waals surface area contributed by atoms with E-state index in [9.17, 15) is 0 Å². The third-order valence-corrected chi connectivity index (χ3v) is 2.63. The number of rotatable bonds is 1. The number of halogens is 2. The lowest BCUT2D eigenvalue weighted by molar-refractivity contribution is -0.00000313. The molecule has 0 saturated carbocycles. The van der Waals surface area contributed by atoms with Crippen molar-refractivity contribution in [2.75, 3.05) is 21.1 Å². The smallest absolute Gasteiger partial charge is 0.159 e. The fourth-order valence-corrected chi connectivity index (χ4v) is 1.85. The van der Waals surface area contributed by atoms with Crippen molar-refractivity contribution in [1.29, 1.82) is 0 Å². The second-order valence-corrected chi connectivity index (χ2v) is 5.15. The summed E-state index contributed by atoms with van der Waals surface area (Å²) in [7, 11) is 6.43. The van der Waals surface area contributed by atoms with E-state index in [0.29, 0.717) is 0 Å². The van der Waals surface area contributed by atoms with E-state index >= 15 is 0 Å². The fourth-order valence-electron chi connectivity index (χ4n) is 1.52. The summed E-state index contributed by atoms with van der Waals surface area (Å²) >= 11 is 3.43. The van der Waals surface area contributed by atoms with E-state index in [0.717, 1.165) is 14.6 Å². The zero-order valence-corrected chi connectivity index (χ0v) is 12.6. The molecule has 3 nitrogen and oxygen atoms in total. The summed E-state index contributed by atoms with van der Waals surface area (Å²) in [6, 6.07) is 2.09. The molecule has 2 rings (SSSR count). The third kappa shape index (κ3) is 2.51. The van der Waals surface area contributed by atoms with Crippen molar-refractivity contribution in [1.82, 2.24) is 14.5 Å². The molecule has 2 heterocycles. The van der Waals surface area contributed by atoms with Crippen molar-refractivity contribution in [2.45, 2.75) is 0 Å². The molecule has 0 aliphatic carbocycles. The second-order valence-electron chi connectivity index (χ2n) is 4.24. The molecule has 0 aliphatic heterocycles. The van der Waals surface area contributed by atoms with E-state index in [1.54, 1.807) is 6.20 Å². The van der Waals surface area contributed by atoms with E-state index in [-0.39, 0.29) is 24.0 Å². The average molecular weight is 382 g/mol. The molecule has 0 saturated heterocycles. The SMILES string of the molecule is C[N+](C)(C)c1c[nH]c2ncc(Br)cc12.[I-]. The Morgan fingerprint density at radius 3 is 2.60 bits per heavy atom. The van der Waals surface area contributed by atoms with E-state index < -0.39 is 0 Å². The van der Waals surface area contributed by atoms with E-state index in [2.05, 4.69) is 53.1 Å². The van der Waals surface area contributed by atoms with Gasteiger partial charge in [-0.15, -0.1) is 0 Å². The number of H-pyrrole nitrogens is 1. The molecular formula is C10H13BrIN3. The second kappa shape index (κ2) is 4.39. The Balaban J connectivity index is 0.00000112. The number of nitrogens with zero attached hydrogens (tertiary/aromatic N) is 2. The molecule has 0 bridgehead atoms. The maximum absolute atomic E-state index is 4.30. The van der Waals surface area contributed by atoms with Gasteiger partial charge in [-0.05, 0) is 22.0 Å². The van der Waals surface area contributed by atoms with Gasteiger partial charge in [0.05, 0.1) is 32.7 Å². The van der Waals surface area contributed by atoms with Gasteiger partial charge in [0.15, 0.2) is 5.69 Å². The molecule has 1 N–H and O–H groups in total. The summed E-state index contributed by atoms with van der Waals surface area (Å²) in [5.74, 6) is 0. The summed E-state index contributed by atoms with van der Waals surface area (Å²) in [5.41, 5.74) is 2.19. The summed E-state index contributed by atoms with van der Waals surface area (Å²) in [6.45, 7) is 0. The number of quaternary nitrogens is 1. The molecule has 15 heavy (non-hydrogen) atoms. The number of pyridine rings is 1. The van der Waals surface area contributed by atoms with Crippen LogP contribution in [0, 0.1) is 0 Å². The van der Waals surface area contributed by atoms with Crippen LogP contribution in [0.4, 0.5) is 5.69 Å². The van der Waals surface area contributed by atoms with Gasteiger partial charge < -0.3 is 29.0 Å². The molecule has 2 aromatic rings. The van der Waals surface area contributed by atoms with E-state index in [1.165, 1.54) is 11.1 Å². The Labute approximate surface area is 115 Å². The predicted molar refractivity (Wildman–Crippen MR) is 63.4 cm³/mol. The zero-order valence-electron chi connectivity index (χ0n) is 8.88. The van der Waals surface area contributed by atoms with Crippen molar-refractivity contribution in [3.05, 3.63) is 22.9 Å². The Hall–Kier alpha value is -0.140.